The van der Waals surface area contributed by atoms with Crippen molar-refractivity contribution in [3.8, 4) is 0 Å². The number of nitrogens with zero attached hydrogens (tertiary/aromatic N) is 2. The van der Waals surface area contributed by atoms with Gasteiger partial charge in [-0.05, 0) is 25.7 Å². The van der Waals surface area contributed by atoms with Crippen molar-refractivity contribution in [2.75, 3.05) is 0 Å². The Balaban J connectivity index is 2.12. The van der Waals surface area contributed by atoms with Crippen molar-refractivity contribution >= 4 is 0 Å². The minimum atomic E-state index is 1.20. The van der Waals surface area contributed by atoms with Crippen LogP contribution < -0.4 is 4.57 Å². The molecule has 1 aromatic heterocycles. The van der Waals surface area contributed by atoms with Gasteiger partial charge in [-0.25, -0.2) is 9.13 Å². The van der Waals surface area contributed by atoms with Crippen LogP contribution in [0, 0.1) is 0 Å². The fourth-order valence-corrected chi connectivity index (χ4v) is 5.59. The highest BCUT2D eigenvalue weighted by Gasteiger charge is 2.16. The molecule has 1 heterocycles. The van der Waals surface area contributed by atoms with Crippen LogP contribution in [0.5, 0.6) is 0 Å². The maximum Gasteiger partial charge on any atom is 0.256 e. The van der Waals surface area contributed by atoms with Crippen LogP contribution in [0.3, 0.4) is 0 Å². The first-order chi connectivity index (χ1) is 17.8. The fraction of sp³-hybridized carbons (Fsp3) is 0.912. The monoisotopic (exact) mass is 504 g/mol. The molecule has 2 heteroatoms. The molecule has 212 valence electrons. The first kappa shape index (κ1) is 33.2. The molecule has 0 aliphatic carbocycles. The van der Waals surface area contributed by atoms with Gasteiger partial charge in [0.15, 0.2) is 0 Å². The van der Waals surface area contributed by atoms with E-state index in [-0.39, 0.29) is 0 Å². The van der Waals surface area contributed by atoms with Crippen molar-refractivity contribution in [2.24, 2.45) is 0 Å². The molecule has 0 saturated carbocycles. The van der Waals surface area contributed by atoms with Crippen LogP contribution >= 0.6 is 0 Å². The van der Waals surface area contributed by atoms with E-state index in [1.807, 2.05) is 0 Å². The van der Waals surface area contributed by atoms with Gasteiger partial charge in [-0.3, -0.25) is 0 Å². The Kier molecular flexibility index (Phi) is 23.9. The zero-order valence-corrected chi connectivity index (χ0v) is 25.3. The van der Waals surface area contributed by atoms with E-state index < -0.39 is 0 Å². The molecule has 0 radical (unpaired) electrons. The molecule has 0 atom stereocenters. The molecule has 0 unspecified atom stereocenters. The number of hydrogen-bond donors (Lipinski definition) is 0. The highest BCUT2D eigenvalue weighted by Crippen LogP contribution is 2.15. The lowest BCUT2D eigenvalue weighted by molar-refractivity contribution is -0.704. The molecule has 36 heavy (non-hydrogen) atoms. The van der Waals surface area contributed by atoms with Crippen molar-refractivity contribution in [3.05, 3.63) is 18.2 Å². The Hall–Kier alpha value is -0.790. The van der Waals surface area contributed by atoms with Gasteiger partial charge < -0.3 is 0 Å². The molecule has 2 nitrogen and oxygen atoms in total. The summed E-state index contributed by atoms with van der Waals surface area (Å²) in [5.41, 5.74) is 0. The second-order valence-corrected chi connectivity index (χ2v) is 11.6. The van der Waals surface area contributed by atoms with E-state index in [4.69, 9.17) is 0 Å². The fourth-order valence-electron chi connectivity index (χ4n) is 5.59. The number of unbranched alkanes of at least 4 members (excludes halogenated alkanes) is 22. The predicted molar refractivity (Wildman–Crippen MR) is 161 cm³/mol. The third-order valence-electron chi connectivity index (χ3n) is 8.10. The van der Waals surface area contributed by atoms with Gasteiger partial charge in [0.2, 0.25) is 0 Å². The molecule has 0 fully saturated rings. The van der Waals surface area contributed by atoms with Crippen LogP contribution in [-0.2, 0) is 19.5 Å². The highest BCUT2D eigenvalue weighted by atomic mass is 15.1. The van der Waals surface area contributed by atoms with E-state index in [1.165, 1.54) is 180 Å². The van der Waals surface area contributed by atoms with Crippen molar-refractivity contribution in [2.45, 2.75) is 201 Å². The molecular formula is C34H67N2+. The summed E-state index contributed by atoms with van der Waals surface area (Å²) in [6.07, 6.45) is 41.6. The molecule has 0 aliphatic rings. The maximum atomic E-state index is 2.59. The number of rotatable bonds is 28. The summed E-state index contributed by atoms with van der Waals surface area (Å²) in [6.45, 7) is 9.35. The predicted octanol–water partition coefficient (Wildman–Crippen LogP) is 11.1. The average molecular weight is 504 g/mol. The molecule has 0 N–H and O–H groups in total. The van der Waals surface area contributed by atoms with E-state index in [0.717, 1.165) is 0 Å². The standard InChI is InChI=1S/C34H67N2/c1-4-7-10-12-14-16-17-18-19-20-21-22-23-25-27-29-34-35(30-9-6-3)32-33-36(34)31-28-26-24-15-13-11-8-5-2/h32-33H,4-31H2,1-3H3/q+1. The number of imidazole rings is 1. The number of aryl methyl sites for hydroxylation is 2. The third-order valence-corrected chi connectivity index (χ3v) is 8.10. The van der Waals surface area contributed by atoms with E-state index in [1.54, 1.807) is 5.82 Å². The number of aromatic nitrogens is 2. The van der Waals surface area contributed by atoms with Crippen molar-refractivity contribution in [3.63, 3.8) is 0 Å². The molecule has 0 bridgehead atoms. The Morgan fingerprint density at radius 3 is 1.31 bits per heavy atom. The topological polar surface area (TPSA) is 8.81 Å². The van der Waals surface area contributed by atoms with Crippen LogP contribution in [-0.4, -0.2) is 4.57 Å². The zero-order chi connectivity index (χ0) is 25.9. The first-order valence-corrected chi connectivity index (χ1v) is 16.9. The lowest BCUT2D eigenvalue weighted by Crippen LogP contribution is -2.37. The molecule has 1 rings (SSSR count). The minimum Gasteiger partial charge on any atom is -0.234 e. The lowest BCUT2D eigenvalue weighted by Gasteiger charge is -2.06. The summed E-state index contributed by atoms with van der Waals surface area (Å²) in [5, 5.41) is 0. The Morgan fingerprint density at radius 2 is 0.861 bits per heavy atom. The highest BCUT2D eigenvalue weighted by molar-refractivity contribution is 4.84. The molecular weight excluding hydrogens is 436 g/mol. The minimum absolute atomic E-state index is 1.20. The zero-order valence-electron chi connectivity index (χ0n) is 25.3. The van der Waals surface area contributed by atoms with Gasteiger partial charge in [-0.1, -0.05) is 156 Å². The van der Waals surface area contributed by atoms with Gasteiger partial charge in [-0.2, -0.15) is 0 Å². The second-order valence-electron chi connectivity index (χ2n) is 11.6. The van der Waals surface area contributed by atoms with Crippen LogP contribution in [0.25, 0.3) is 0 Å². The quantitative estimate of drug-likeness (QED) is 0.0794. The molecule has 0 aromatic carbocycles. The Bertz CT molecular complexity index is 562. The van der Waals surface area contributed by atoms with Gasteiger partial charge >= 0.3 is 0 Å². The maximum absolute atomic E-state index is 2.59. The van der Waals surface area contributed by atoms with Gasteiger partial charge in [0.1, 0.15) is 12.4 Å². The first-order valence-electron chi connectivity index (χ1n) is 16.9. The van der Waals surface area contributed by atoms with E-state index >= 15 is 0 Å². The summed E-state index contributed by atoms with van der Waals surface area (Å²) >= 11 is 0. The van der Waals surface area contributed by atoms with Crippen LogP contribution in [0.15, 0.2) is 12.4 Å². The lowest BCUT2D eigenvalue weighted by atomic mass is 10.0. The van der Waals surface area contributed by atoms with Gasteiger partial charge in [0.25, 0.3) is 5.82 Å². The third kappa shape index (κ3) is 18.5. The molecule has 0 amide bonds. The largest absolute Gasteiger partial charge is 0.256 e. The summed E-state index contributed by atoms with van der Waals surface area (Å²) in [4.78, 5) is 0. The van der Waals surface area contributed by atoms with Crippen molar-refractivity contribution in [1.82, 2.24) is 4.57 Å². The Morgan fingerprint density at radius 1 is 0.472 bits per heavy atom. The van der Waals surface area contributed by atoms with Crippen LogP contribution in [0.4, 0.5) is 0 Å². The van der Waals surface area contributed by atoms with Gasteiger partial charge in [-0.15, -0.1) is 0 Å². The summed E-state index contributed by atoms with van der Waals surface area (Å²) < 4.78 is 5.16. The molecule has 0 spiro atoms. The summed E-state index contributed by atoms with van der Waals surface area (Å²) in [5.74, 6) is 1.60. The molecule has 1 aromatic rings. The van der Waals surface area contributed by atoms with Crippen molar-refractivity contribution < 1.29 is 4.57 Å². The average Bonchev–Trinajstić information content (AvgIpc) is 3.27. The Labute approximate surface area is 228 Å². The summed E-state index contributed by atoms with van der Waals surface area (Å²) in [6, 6.07) is 0. The second kappa shape index (κ2) is 25.8. The smallest absolute Gasteiger partial charge is 0.234 e. The summed E-state index contributed by atoms with van der Waals surface area (Å²) in [7, 11) is 0. The van der Waals surface area contributed by atoms with Crippen LogP contribution in [0.2, 0.25) is 0 Å². The van der Waals surface area contributed by atoms with Gasteiger partial charge in [0, 0.05) is 6.42 Å². The molecule has 0 aliphatic heterocycles. The SMILES string of the molecule is CCCCCCCCCCCCCCCCCc1n(CCCCCCCCCC)cc[n+]1CCCC. The van der Waals surface area contributed by atoms with E-state index in [0.29, 0.717) is 0 Å². The normalized spacial score (nSPS) is 11.5. The van der Waals surface area contributed by atoms with Crippen LogP contribution in [0.1, 0.15) is 187 Å². The van der Waals surface area contributed by atoms with Crippen molar-refractivity contribution in [1.29, 1.82) is 0 Å². The van der Waals surface area contributed by atoms with E-state index in [9.17, 15) is 0 Å². The number of hydrogen-bond acceptors (Lipinski definition) is 0. The van der Waals surface area contributed by atoms with E-state index in [2.05, 4.69) is 42.3 Å². The molecule has 0 saturated heterocycles. The van der Waals surface area contributed by atoms with Gasteiger partial charge in [0.05, 0.1) is 13.1 Å².